The van der Waals surface area contributed by atoms with E-state index in [-0.39, 0.29) is 18.5 Å². The number of carbonyl (C=O) groups excluding carboxylic acids is 1. The molecule has 2 saturated heterocycles. The van der Waals surface area contributed by atoms with Crippen molar-refractivity contribution in [3.8, 4) is 0 Å². The molecule has 0 bridgehead atoms. The smallest absolute Gasteiger partial charge is 0.222 e. The maximum atomic E-state index is 12.2. The number of amides is 1. The van der Waals surface area contributed by atoms with Crippen LogP contribution in [-0.2, 0) is 14.3 Å². The first-order valence-electron chi connectivity index (χ1n) is 9.50. The van der Waals surface area contributed by atoms with E-state index in [0.717, 1.165) is 77.8 Å². The zero-order valence-electron chi connectivity index (χ0n) is 14.9. The Kier molecular flexibility index (Phi) is 11.7. The number of rotatable bonds is 9. The Labute approximate surface area is 153 Å². The zero-order chi connectivity index (χ0) is 16.3. The number of ether oxygens (including phenoxy) is 2. The highest BCUT2D eigenvalue weighted by Gasteiger charge is 2.24. The minimum atomic E-state index is 0. The van der Waals surface area contributed by atoms with Gasteiger partial charge in [0.1, 0.15) is 0 Å². The van der Waals surface area contributed by atoms with Crippen LogP contribution in [0.3, 0.4) is 0 Å². The fraction of sp³-hybridized carbons (Fsp3) is 0.944. The van der Waals surface area contributed by atoms with Crippen LogP contribution in [0.25, 0.3) is 0 Å². The Morgan fingerprint density at radius 1 is 1.08 bits per heavy atom. The number of unbranched alkanes of at least 4 members (excludes halogenated alkanes) is 3. The standard InChI is InChI=1S/C18H34N2O3.ClH/c19-11-5-2-1-3-8-18(21)20-12-9-16(10-13-20)23-15-17-7-4-6-14-22-17;/h16-17H,1-15,19H2;1H. The molecule has 2 aliphatic rings. The van der Waals surface area contributed by atoms with Gasteiger partial charge in [-0.25, -0.2) is 0 Å². The third-order valence-corrected chi connectivity index (χ3v) is 4.93. The molecule has 0 radical (unpaired) electrons. The average Bonchev–Trinajstić information content (AvgIpc) is 2.61. The number of hydrogen-bond donors (Lipinski definition) is 1. The van der Waals surface area contributed by atoms with Crippen LogP contribution in [0.2, 0.25) is 0 Å². The molecule has 2 N–H and O–H groups in total. The highest BCUT2D eigenvalue weighted by Crippen LogP contribution is 2.18. The van der Waals surface area contributed by atoms with Crippen molar-refractivity contribution in [2.75, 3.05) is 32.8 Å². The van der Waals surface area contributed by atoms with Crippen molar-refractivity contribution in [2.45, 2.75) is 76.4 Å². The van der Waals surface area contributed by atoms with E-state index in [9.17, 15) is 4.79 Å². The predicted molar refractivity (Wildman–Crippen MR) is 98.5 cm³/mol. The number of piperidine rings is 1. The van der Waals surface area contributed by atoms with Crippen molar-refractivity contribution in [3.63, 3.8) is 0 Å². The minimum absolute atomic E-state index is 0. The van der Waals surface area contributed by atoms with Crippen LogP contribution in [0, 0.1) is 0 Å². The fourth-order valence-electron chi connectivity index (χ4n) is 3.39. The summed E-state index contributed by atoms with van der Waals surface area (Å²) in [5.41, 5.74) is 5.48. The molecule has 0 aliphatic carbocycles. The predicted octanol–water partition coefficient (Wildman–Crippen LogP) is 2.89. The van der Waals surface area contributed by atoms with E-state index in [4.69, 9.17) is 15.2 Å². The first-order valence-corrected chi connectivity index (χ1v) is 9.50. The lowest BCUT2D eigenvalue weighted by Gasteiger charge is -2.33. The van der Waals surface area contributed by atoms with E-state index in [1.807, 2.05) is 4.90 Å². The molecule has 1 unspecified atom stereocenters. The van der Waals surface area contributed by atoms with Gasteiger partial charge in [0.15, 0.2) is 0 Å². The number of nitrogens with zero attached hydrogens (tertiary/aromatic N) is 1. The number of carbonyl (C=O) groups is 1. The van der Waals surface area contributed by atoms with E-state index in [0.29, 0.717) is 18.4 Å². The second-order valence-corrected chi connectivity index (χ2v) is 6.85. The number of halogens is 1. The van der Waals surface area contributed by atoms with E-state index < -0.39 is 0 Å². The van der Waals surface area contributed by atoms with Crippen molar-refractivity contribution in [2.24, 2.45) is 5.73 Å². The largest absolute Gasteiger partial charge is 0.376 e. The Morgan fingerprint density at radius 3 is 2.50 bits per heavy atom. The Hall–Kier alpha value is -0.360. The third-order valence-electron chi connectivity index (χ3n) is 4.93. The molecule has 6 heteroatoms. The summed E-state index contributed by atoms with van der Waals surface area (Å²) in [5.74, 6) is 0.312. The van der Waals surface area contributed by atoms with Crippen LogP contribution >= 0.6 is 12.4 Å². The Bertz CT molecular complexity index is 330. The van der Waals surface area contributed by atoms with Gasteiger partial charge in [0.2, 0.25) is 5.91 Å². The summed E-state index contributed by atoms with van der Waals surface area (Å²) in [6.45, 7) is 4.05. The summed E-state index contributed by atoms with van der Waals surface area (Å²) in [6.07, 6.45) is 11.1. The fourth-order valence-corrected chi connectivity index (χ4v) is 3.39. The second-order valence-electron chi connectivity index (χ2n) is 6.85. The van der Waals surface area contributed by atoms with Crippen molar-refractivity contribution in [1.29, 1.82) is 0 Å². The number of nitrogens with two attached hydrogens (primary N) is 1. The summed E-state index contributed by atoms with van der Waals surface area (Å²) in [4.78, 5) is 14.2. The van der Waals surface area contributed by atoms with Gasteiger partial charge in [-0.3, -0.25) is 4.79 Å². The molecule has 2 fully saturated rings. The van der Waals surface area contributed by atoms with Crippen LogP contribution in [-0.4, -0.2) is 55.9 Å². The van der Waals surface area contributed by atoms with Gasteiger partial charge in [-0.05, 0) is 51.5 Å². The molecular formula is C18H35ClN2O3. The van der Waals surface area contributed by atoms with Gasteiger partial charge in [-0.2, -0.15) is 0 Å². The lowest BCUT2D eigenvalue weighted by atomic mass is 10.1. The van der Waals surface area contributed by atoms with Crippen LogP contribution < -0.4 is 5.73 Å². The maximum absolute atomic E-state index is 12.2. The monoisotopic (exact) mass is 362 g/mol. The second kappa shape index (κ2) is 12.9. The van der Waals surface area contributed by atoms with Gasteiger partial charge in [-0.15, -0.1) is 12.4 Å². The average molecular weight is 363 g/mol. The zero-order valence-corrected chi connectivity index (χ0v) is 15.7. The lowest BCUT2D eigenvalue weighted by Crippen LogP contribution is -2.41. The summed E-state index contributed by atoms with van der Waals surface area (Å²) in [6, 6.07) is 0. The highest BCUT2D eigenvalue weighted by atomic mass is 35.5. The van der Waals surface area contributed by atoms with E-state index in [1.165, 1.54) is 12.8 Å². The molecule has 142 valence electrons. The van der Waals surface area contributed by atoms with Crippen molar-refractivity contribution in [3.05, 3.63) is 0 Å². The first-order chi connectivity index (χ1) is 11.3. The normalized spacial score (nSPS) is 22.2. The molecule has 0 aromatic rings. The minimum Gasteiger partial charge on any atom is -0.376 e. The molecular weight excluding hydrogens is 328 g/mol. The molecule has 0 spiro atoms. The lowest BCUT2D eigenvalue weighted by molar-refractivity contribution is -0.135. The summed E-state index contributed by atoms with van der Waals surface area (Å²) in [7, 11) is 0. The molecule has 5 nitrogen and oxygen atoms in total. The molecule has 2 heterocycles. The molecule has 0 aromatic heterocycles. The summed E-state index contributed by atoms with van der Waals surface area (Å²) < 4.78 is 11.7. The van der Waals surface area contributed by atoms with Gasteiger partial charge in [-0.1, -0.05) is 12.8 Å². The quantitative estimate of drug-likeness (QED) is 0.640. The molecule has 2 rings (SSSR count). The van der Waals surface area contributed by atoms with Gasteiger partial charge >= 0.3 is 0 Å². The third kappa shape index (κ3) is 8.15. The number of hydrogen-bond acceptors (Lipinski definition) is 4. The molecule has 0 aromatic carbocycles. The summed E-state index contributed by atoms with van der Waals surface area (Å²) >= 11 is 0. The van der Waals surface area contributed by atoms with E-state index >= 15 is 0 Å². The Balaban J connectivity index is 0.00000288. The summed E-state index contributed by atoms with van der Waals surface area (Å²) in [5, 5.41) is 0. The van der Waals surface area contributed by atoms with Crippen molar-refractivity contribution >= 4 is 18.3 Å². The van der Waals surface area contributed by atoms with Crippen molar-refractivity contribution in [1.82, 2.24) is 4.90 Å². The van der Waals surface area contributed by atoms with Crippen LogP contribution in [0.4, 0.5) is 0 Å². The van der Waals surface area contributed by atoms with Crippen molar-refractivity contribution < 1.29 is 14.3 Å². The van der Waals surface area contributed by atoms with Crippen LogP contribution in [0.1, 0.15) is 64.2 Å². The van der Waals surface area contributed by atoms with Crippen LogP contribution in [0.5, 0.6) is 0 Å². The molecule has 1 amide bonds. The molecule has 1 atom stereocenters. The molecule has 2 aliphatic heterocycles. The van der Waals surface area contributed by atoms with Gasteiger partial charge in [0.25, 0.3) is 0 Å². The Morgan fingerprint density at radius 2 is 1.83 bits per heavy atom. The molecule has 24 heavy (non-hydrogen) atoms. The highest BCUT2D eigenvalue weighted by molar-refractivity contribution is 5.85. The van der Waals surface area contributed by atoms with E-state index in [1.54, 1.807) is 0 Å². The molecule has 0 saturated carbocycles. The topological polar surface area (TPSA) is 64.8 Å². The van der Waals surface area contributed by atoms with Crippen LogP contribution in [0.15, 0.2) is 0 Å². The SMILES string of the molecule is Cl.NCCCCCCC(=O)N1CCC(OCC2CCCCO2)CC1. The number of likely N-dealkylation sites (tertiary alicyclic amines) is 1. The van der Waals surface area contributed by atoms with Gasteiger partial charge in [0.05, 0.1) is 18.8 Å². The maximum Gasteiger partial charge on any atom is 0.222 e. The first kappa shape index (κ1) is 21.7. The van der Waals surface area contributed by atoms with Gasteiger partial charge < -0.3 is 20.1 Å². The van der Waals surface area contributed by atoms with E-state index in [2.05, 4.69) is 0 Å². The van der Waals surface area contributed by atoms with Gasteiger partial charge in [0, 0.05) is 26.1 Å².